The number of H-pyrrole nitrogens is 2. The number of carbonyl (C=O) groups is 1. The first-order valence-electron chi connectivity index (χ1n) is 14.6. The first-order chi connectivity index (χ1) is 19.8. The number of carbonyl (C=O) groups excluding carboxylic acids is 1. The Balaban J connectivity index is 1.12. The second kappa shape index (κ2) is 10.0. The van der Waals surface area contributed by atoms with Gasteiger partial charge in [-0.15, -0.1) is 0 Å². The molecule has 4 heterocycles. The fourth-order valence-corrected chi connectivity index (χ4v) is 6.13. The summed E-state index contributed by atoms with van der Waals surface area (Å²) >= 11 is 0. The summed E-state index contributed by atoms with van der Waals surface area (Å²) < 4.78 is 5.64. The Bertz CT molecular complexity index is 1740. The smallest absolute Gasteiger partial charge is 0.410 e. The summed E-state index contributed by atoms with van der Waals surface area (Å²) in [6.45, 7) is 7.42. The monoisotopic (exact) mass is 548 g/mol. The van der Waals surface area contributed by atoms with Gasteiger partial charge in [0.05, 0.1) is 35.0 Å². The van der Waals surface area contributed by atoms with E-state index in [4.69, 9.17) is 9.72 Å². The summed E-state index contributed by atoms with van der Waals surface area (Å²) in [6, 6.07) is 19.8. The van der Waals surface area contributed by atoms with E-state index in [1.807, 2.05) is 27.0 Å². The number of aromatic amines is 2. The van der Waals surface area contributed by atoms with Crippen LogP contribution in [0.2, 0.25) is 0 Å². The van der Waals surface area contributed by atoms with Crippen LogP contribution in [-0.2, 0) is 4.74 Å². The topological polar surface area (TPSA) is 98.9 Å². The Kier molecular flexibility index (Phi) is 6.31. The van der Waals surface area contributed by atoms with Gasteiger partial charge in [-0.05, 0) is 99.2 Å². The summed E-state index contributed by atoms with van der Waals surface area (Å²) in [5.41, 5.74) is 5.91. The molecule has 2 atom stereocenters. The molecule has 3 aromatic carbocycles. The molecule has 3 N–H and O–H groups in total. The van der Waals surface area contributed by atoms with Gasteiger partial charge in [0.2, 0.25) is 0 Å². The summed E-state index contributed by atoms with van der Waals surface area (Å²) in [4.78, 5) is 31.1. The molecule has 2 fully saturated rings. The van der Waals surface area contributed by atoms with Crippen LogP contribution in [0.1, 0.15) is 70.2 Å². The van der Waals surface area contributed by atoms with Crippen molar-refractivity contribution in [2.75, 3.05) is 13.1 Å². The van der Waals surface area contributed by atoms with Crippen molar-refractivity contribution in [1.29, 1.82) is 0 Å². The third-order valence-corrected chi connectivity index (χ3v) is 8.17. The highest BCUT2D eigenvalue weighted by Gasteiger charge is 2.34. The molecule has 5 aromatic rings. The molecular weight excluding hydrogens is 512 g/mol. The Morgan fingerprint density at radius 1 is 0.902 bits per heavy atom. The van der Waals surface area contributed by atoms with Gasteiger partial charge in [0, 0.05) is 12.1 Å². The number of likely N-dealkylation sites (tertiary alicyclic amines) is 1. The van der Waals surface area contributed by atoms with Crippen molar-refractivity contribution in [3.63, 3.8) is 0 Å². The van der Waals surface area contributed by atoms with Crippen molar-refractivity contribution >= 4 is 27.9 Å². The third kappa shape index (κ3) is 5.08. The Morgan fingerprint density at radius 3 is 2.44 bits per heavy atom. The highest BCUT2D eigenvalue weighted by molar-refractivity contribution is 5.91. The molecule has 0 aliphatic carbocycles. The number of aromatic nitrogens is 4. The standard InChI is InChI=1S/C33H36N6O2/c1-33(2,3)41-32(40)39-15-5-7-29(39)31-35-19-28(38-31)24-11-10-20-16-21(8-9-22(20)17-24)23-12-13-25-27(18-23)37-30(36-25)26-6-4-14-34-26/h8-13,16-19,26,29,34H,4-7,14-15H2,1-3H3,(H,35,38)(H,36,37)/t26-,29?/m0/s1. The minimum atomic E-state index is -0.522. The number of nitrogens with zero attached hydrogens (tertiary/aromatic N) is 3. The minimum Gasteiger partial charge on any atom is -0.444 e. The number of hydrogen-bond acceptors (Lipinski definition) is 5. The molecule has 0 spiro atoms. The molecule has 210 valence electrons. The van der Waals surface area contributed by atoms with Crippen LogP contribution < -0.4 is 5.32 Å². The molecule has 0 saturated carbocycles. The molecule has 2 aliphatic rings. The van der Waals surface area contributed by atoms with Crippen LogP contribution in [0.15, 0.2) is 60.8 Å². The van der Waals surface area contributed by atoms with E-state index in [1.54, 1.807) is 4.90 Å². The van der Waals surface area contributed by atoms with Crippen molar-refractivity contribution in [2.24, 2.45) is 0 Å². The van der Waals surface area contributed by atoms with Gasteiger partial charge in [-0.1, -0.05) is 30.3 Å². The molecule has 1 amide bonds. The van der Waals surface area contributed by atoms with Crippen LogP contribution in [0, 0.1) is 0 Å². The maximum absolute atomic E-state index is 12.8. The van der Waals surface area contributed by atoms with Gasteiger partial charge in [-0.25, -0.2) is 14.8 Å². The molecule has 2 aliphatic heterocycles. The summed E-state index contributed by atoms with van der Waals surface area (Å²) in [5, 5.41) is 5.87. The van der Waals surface area contributed by atoms with E-state index in [0.29, 0.717) is 12.6 Å². The zero-order chi connectivity index (χ0) is 28.1. The van der Waals surface area contributed by atoms with Crippen molar-refractivity contribution in [2.45, 2.75) is 64.1 Å². The average molecular weight is 549 g/mol. The number of fused-ring (bicyclic) bond motifs is 2. The minimum absolute atomic E-state index is 0.0978. The zero-order valence-electron chi connectivity index (χ0n) is 23.8. The number of amides is 1. The molecule has 8 nitrogen and oxygen atoms in total. The summed E-state index contributed by atoms with van der Waals surface area (Å²) in [6.07, 6.45) is 5.72. The largest absolute Gasteiger partial charge is 0.444 e. The second-order valence-corrected chi connectivity index (χ2v) is 12.3. The van der Waals surface area contributed by atoms with Crippen LogP contribution in [0.5, 0.6) is 0 Å². The zero-order valence-corrected chi connectivity index (χ0v) is 23.8. The van der Waals surface area contributed by atoms with Gasteiger partial charge in [0.25, 0.3) is 0 Å². The molecule has 7 rings (SSSR count). The lowest BCUT2D eigenvalue weighted by Gasteiger charge is -2.27. The van der Waals surface area contributed by atoms with E-state index in [-0.39, 0.29) is 12.1 Å². The molecule has 0 radical (unpaired) electrons. The van der Waals surface area contributed by atoms with Gasteiger partial charge in [0.1, 0.15) is 17.2 Å². The van der Waals surface area contributed by atoms with Crippen molar-refractivity contribution in [3.05, 3.63) is 72.4 Å². The van der Waals surface area contributed by atoms with E-state index in [9.17, 15) is 4.79 Å². The average Bonchev–Trinajstić information content (AvgIpc) is 3.77. The predicted molar refractivity (Wildman–Crippen MR) is 162 cm³/mol. The molecular formula is C33H36N6O2. The number of ether oxygens (including phenoxy) is 1. The normalized spacial score (nSPS) is 19.4. The SMILES string of the molecule is CC(C)(C)OC(=O)N1CCCC1c1ncc(-c2ccc3cc(-c4ccc5nc([C@@H]6CCCN6)[nH]c5c4)ccc3c2)[nH]1. The molecule has 0 bridgehead atoms. The van der Waals surface area contributed by atoms with E-state index in [1.165, 1.54) is 22.9 Å². The van der Waals surface area contributed by atoms with E-state index in [2.05, 4.69) is 74.9 Å². The fourth-order valence-electron chi connectivity index (χ4n) is 6.13. The number of nitrogens with one attached hydrogen (secondary N) is 3. The Morgan fingerprint density at radius 2 is 1.66 bits per heavy atom. The maximum atomic E-state index is 12.8. The molecule has 41 heavy (non-hydrogen) atoms. The van der Waals surface area contributed by atoms with Crippen molar-refractivity contribution in [3.8, 4) is 22.4 Å². The van der Waals surface area contributed by atoms with Gasteiger partial charge < -0.3 is 20.0 Å². The number of rotatable bonds is 4. The van der Waals surface area contributed by atoms with Gasteiger partial charge in [0.15, 0.2) is 0 Å². The first kappa shape index (κ1) is 25.8. The lowest BCUT2D eigenvalue weighted by molar-refractivity contribution is 0.0218. The molecule has 1 unspecified atom stereocenters. The van der Waals surface area contributed by atoms with Crippen molar-refractivity contribution in [1.82, 2.24) is 30.2 Å². The van der Waals surface area contributed by atoms with Gasteiger partial charge in [-0.3, -0.25) is 4.90 Å². The fraction of sp³-hybridized carbons (Fsp3) is 0.364. The van der Waals surface area contributed by atoms with E-state index in [0.717, 1.165) is 65.1 Å². The van der Waals surface area contributed by atoms with E-state index >= 15 is 0 Å². The molecule has 2 saturated heterocycles. The highest BCUT2D eigenvalue weighted by atomic mass is 16.6. The van der Waals surface area contributed by atoms with Crippen LogP contribution in [0.4, 0.5) is 4.79 Å². The lowest BCUT2D eigenvalue weighted by Crippen LogP contribution is -2.36. The van der Waals surface area contributed by atoms with Gasteiger partial charge >= 0.3 is 6.09 Å². The maximum Gasteiger partial charge on any atom is 0.410 e. The number of hydrogen-bond donors (Lipinski definition) is 3. The molecule has 8 heteroatoms. The number of imidazole rings is 2. The van der Waals surface area contributed by atoms with Crippen LogP contribution in [0.25, 0.3) is 44.2 Å². The highest BCUT2D eigenvalue weighted by Crippen LogP contribution is 2.34. The second-order valence-electron chi connectivity index (χ2n) is 12.3. The van der Waals surface area contributed by atoms with Crippen LogP contribution in [0.3, 0.4) is 0 Å². The van der Waals surface area contributed by atoms with E-state index < -0.39 is 5.60 Å². The molecule has 2 aromatic heterocycles. The Hall–Kier alpha value is -4.17. The quantitative estimate of drug-likeness (QED) is 0.219. The van der Waals surface area contributed by atoms with Gasteiger partial charge in [-0.2, -0.15) is 0 Å². The number of benzene rings is 3. The third-order valence-electron chi connectivity index (χ3n) is 8.17. The van der Waals surface area contributed by atoms with Crippen LogP contribution in [-0.4, -0.2) is 49.6 Å². The summed E-state index contributed by atoms with van der Waals surface area (Å²) in [5.74, 6) is 1.84. The summed E-state index contributed by atoms with van der Waals surface area (Å²) in [7, 11) is 0. The predicted octanol–water partition coefficient (Wildman–Crippen LogP) is 7.27. The lowest BCUT2D eigenvalue weighted by atomic mass is 9.99. The first-order valence-corrected chi connectivity index (χ1v) is 14.6. The Labute approximate surface area is 239 Å². The van der Waals surface area contributed by atoms with Crippen LogP contribution >= 0.6 is 0 Å². The van der Waals surface area contributed by atoms with Crippen molar-refractivity contribution < 1.29 is 9.53 Å².